The van der Waals surface area contributed by atoms with E-state index >= 15 is 0 Å². The van der Waals surface area contributed by atoms with Gasteiger partial charge in [0.25, 0.3) is 0 Å². The summed E-state index contributed by atoms with van der Waals surface area (Å²) in [5.41, 5.74) is 2.27. The van der Waals surface area contributed by atoms with Gasteiger partial charge in [0.15, 0.2) is 0 Å². The molecule has 1 aromatic heterocycles. The molecule has 0 N–H and O–H groups in total. The first-order valence-corrected chi connectivity index (χ1v) is 5.69. The Hall–Kier alpha value is -0.800. The second-order valence-electron chi connectivity index (χ2n) is 3.72. The zero-order valence-corrected chi connectivity index (χ0v) is 9.63. The van der Waals surface area contributed by atoms with Crippen LogP contribution in [-0.2, 0) is 10.6 Å². The molecule has 0 aliphatic carbocycles. The molecule has 82 valence electrons. The molecule has 0 spiro atoms. The lowest BCUT2D eigenvalue weighted by molar-refractivity contribution is 0.122. The van der Waals surface area contributed by atoms with E-state index in [1.807, 2.05) is 6.20 Å². The van der Waals surface area contributed by atoms with Gasteiger partial charge in [0.05, 0.1) is 13.2 Å². The van der Waals surface area contributed by atoms with Crippen LogP contribution in [0.1, 0.15) is 11.1 Å². The van der Waals surface area contributed by atoms with Gasteiger partial charge in [0, 0.05) is 25.2 Å². The molecule has 2 heterocycles. The van der Waals surface area contributed by atoms with Crippen molar-refractivity contribution in [1.82, 2.24) is 4.98 Å². The van der Waals surface area contributed by atoms with Gasteiger partial charge in [-0.05, 0) is 24.1 Å². The maximum Gasteiger partial charge on any atom is 0.131 e. The predicted molar refractivity (Wildman–Crippen MR) is 61.6 cm³/mol. The van der Waals surface area contributed by atoms with Gasteiger partial charge in [0.2, 0.25) is 0 Å². The molecular weight excluding hydrogens is 212 g/mol. The summed E-state index contributed by atoms with van der Waals surface area (Å²) in [5, 5.41) is 0. The number of morpholine rings is 1. The Bertz CT molecular complexity index is 337. The molecule has 1 aromatic rings. The Morgan fingerprint density at radius 3 is 2.80 bits per heavy atom. The van der Waals surface area contributed by atoms with Crippen LogP contribution in [0.5, 0.6) is 0 Å². The standard InChI is InChI=1S/C11H15ClN2O/c1-9-6-10(7-12)8-13-11(9)14-2-4-15-5-3-14/h6,8H,2-5,7H2,1H3. The smallest absolute Gasteiger partial charge is 0.131 e. The molecule has 1 fully saturated rings. The Labute approximate surface area is 95.0 Å². The average Bonchev–Trinajstić information content (AvgIpc) is 2.30. The van der Waals surface area contributed by atoms with Crippen LogP contribution in [0.25, 0.3) is 0 Å². The highest BCUT2D eigenvalue weighted by Crippen LogP contribution is 2.19. The van der Waals surface area contributed by atoms with Crippen molar-refractivity contribution in [2.24, 2.45) is 0 Å². The molecule has 15 heavy (non-hydrogen) atoms. The van der Waals surface area contributed by atoms with Gasteiger partial charge < -0.3 is 9.64 Å². The number of aryl methyl sites for hydroxylation is 1. The zero-order valence-electron chi connectivity index (χ0n) is 8.87. The van der Waals surface area contributed by atoms with E-state index in [1.165, 1.54) is 5.56 Å². The Kier molecular flexibility index (Phi) is 3.44. The van der Waals surface area contributed by atoms with Gasteiger partial charge in [-0.15, -0.1) is 11.6 Å². The highest BCUT2D eigenvalue weighted by Gasteiger charge is 2.14. The summed E-state index contributed by atoms with van der Waals surface area (Å²) in [5.74, 6) is 1.59. The van der Waals surface area contributed by atoms with Crippen molar-refractivity contribution >= 4 is 17.4 Å². The van der Waals surface area contributed by atoms with Gasteiger partial charge >= 0.3 is 0 Å². The third-order valence-corrected chi connectivity index (χ3v) is 2.88. The van der Waals surface area contributed by atoms with Crippen molar-refractivity contribution in [1.29, 1.82) is 0 Å². The van der Waals surface area contributed by atoms with Gasteiger partial charge in [-0.3, -0.25) is 0 Å². The molecule has 0 radical (unpaired) electrons. The van der Waals surface area contributed by atoms with Crippen molar-refractivity contribution < 1.29 is 4.74 Å². The fourth-order valence-electron chi connectivity index (χ4n) is 1.81. The molecule has 1 aliphatic heterocycles. The second kappa shape index (κ2) is 4.81. The van der Waals surface area contributed by atoms with Gasteiger partial charge in [-0.2, -0.15) is 0 Å². The number of rotatable bonds is 2. The number of ether oxygens (including phenoxy) is 1. The molecule has 1 saturated heterocycles. The maximum absolute atomic E-state index is 5.76. The molecule has 1 aliphatic rings. The van der Waals surface area contributed by atoms with E-state index < -0.39 is 0 Å². The Balaban J connectivity index is 2.19. The van der Waals surface area contributed by atoms with Crippen molar-refractivity contribution in [3.63, 3.8) is 0 Å². The minimum Gasteiger partial charge on any atom is -0.378 e. The van der Waals surface area contributed by atoms with Crippen molar-refractivity contribution in [2.75, 3.05) is 31.2 Å². The van der Waals surface area contributed by atoms with Crippen LogP contribution >= 0.6 is 11.6 Å². The summed E-state index contributed by atoms with van der Waals surface area (Å²) in [7, 11) is 0. The fraction of sp³-hybridized carbons (Fsp3) is 0.545. The Morgan fingerprint density at radius 1 is 1.47 bits per heavy atom. The molecule has 0 bridgehead atoms. The van der Waals surface area contributed by atoms with Crippen LogP contribution < -0.4 is 4.90 Å². The van der Waals surface area contributed by atoms with E-state index in [0.29, 0.717) is 5.88 Å². The summed E-state index contributed by atoms with van der Waals surface area (Å²) >= 11 is 5.76. The first-order valence-electron chi connectivity index (χ1n) is 5.15. The molecule has 3 nitrogen and oxygen atoms in total. The number of aromatic nitrogens is 1. The molecule has 0 atom stereocenters. The number of halogens is 1. The summed E-state index contributed by atoms with van der Waals surface area (Å²) in [6.45, 7) is 5.51. The molecule has 4 heteroatoms. The first-order chi connectivity index (χ1) is 7.31. The summed E-state index contributed by atoms with van der Waals surface area (Å²) < 4.78 is 5.32. The van der Waals surface area contributed by atoms with E-state index in [2.05, 4.69) is 22.9 Å². The fourth-order valence-corrected chi connectivity index (χ4v) is 1.95. The highest BCUT2D eigenvalue weighted by molar-refractivity contribution is 6.17. The lowest BCUT2D eigenvalue weighted by Gasteiger charge is -2.29. The molecule has 0 unspecified atom stereocenters. The van der Waals surface area contributed by atoms with Crippen LogP contribution in [0.15, 0.2) is 12.3 Å². The Morgan fingerprint density at radius 2 is 2.20 bits per heavy atom. The molecule has 0 aromatic carbocycles. The summed E-state index contributed by atoms with van der Waals surface area (Å²) in [6.07, 6.45) is 1.85. The van der Waals surface area contributed by atoms with Crippen molar-refractivity contribution in [3.05, 3.63) is 23.4 Å². The molecular formula is C11H15ClN2O. The SMILES string of the molecule is Cc1cc(CCl)cnc1N1CCOCC1. The number of hydrogen-bond acceptors (Lipinski definition) is 3. The van der Waals surface area contributed by atoms with Gasteiger partial charge in [-0.1, -0.05) is 0 Å². The molecule has 0 saturated carbocycles. The largest absolute Gasteiger partial charge is 0.378 e. The normalized spacial score (nSPS) is 16.8. The third-order valence-electron chi connectivity index (χ3n) is 2.57. The van der Waals surface area contributed by atoms with Crippen LogP contribution in [-0.4, -0.2) is 31.3 Å². The predicted octanol–water partition coefficient (Wildman–Crippen LogP) is 1.97. The number of hydrogen-bond donors (Lipinski definition) is 0. The average molecular weight is 227 g/mol. The first kappa shape index (κ1) is 10.7. The van der Waals surface area contributed by atoms with E-state index in [-0.39, 0.29) is 0 Å². The van der Waals surface area contributed by atoms with E-state index in [0.717, 1.165) is 37.7 Å². The van der Waals surface area contributed by atoms with E-state index in [1.54, 1.807) is 0 Å². The summed E-state index contributed by atoms with van der Waals surface area (Å²) in [4.78, 5) is 6.72. The van der Waals surface area contributed by atoms with E-state index in [4.69, 9.17) is 16.3 Å². The minimum atomic E-state index is 0.525. The van der Waals surface area contributed by atoms with Crippen molar-refractivity contribution in [3.8, 4) is 0 Å². The molecule has 2 rings (SSSR count). The number of anilines is 1. The number of alkyl halides is 1. The minimum absolute atomic E-state index is 0.525. The monoisotopic (exact) mass is 226 g/mol. The highest BCUT2D eigenvalue weighted by atomic mass is 35.5. The topological polar surface area (TPSA) is 25.4 Å². The second-order valence-corrected chi connectivity index (χ2v) is 3.98. The lowest BCUT2D eigenvalue weighted by Crippen LogP contribution is -2.37. The maximum atomic E-state index is 5.76. The van der Waals surface area contributed by atoms with E-state index in [9.17, 15) is 0 Å². The zero-order chi connectivity index (χ0) is 10.7. The van der Waals surface area contributed by atoms with Crippen LogP contribution in [0.4, 0.5) is 5.82 Å². The number of nitrogens with zero attached hydrogens (tertiary/aromatic N) is 2. The number of pyridine rings is 1. The van der Waals surface area contributed by atoms with Gasteiger partial charge in [-0.25, -0.2) is 4.98 Å². The van der Waals surface area contributed by atoms with Crippen LogP contribution in [0, 0.1) is 6.92 Å². The van der Waals surface area contributed by atoms with Crippen LogP contribution in [0.2, 0.25) is 0 Å². The third kappa shape index (κ3) is 2.41. The van der Waals surface area contributed by atoms with Crippen LogP contribution in [0.3, 0.4) is 0 Å². The molecule has 0 amide bonds. The quantitative estimate of drug-likeness (QED) is 0.721. The van der Waals surface area contributed by atoms with Gasteiger partial charge in [0.1, 0.15) is 5.82 Å². The van der Waals surface area contributed by atoms with Crippen molar-refractivity contribution in [2.45, 2.75) is 12.8 Å². The lowest BCUT2D eigenvalue weighted by atomic mass is 10.2. The summed E-state index contributed by atoms with van der Waals surface area (Å²) in [6, 6.07) is 2.10.